The number of nitrogens with zero attached hydrogens (tertiary/aromatic N) is 1. The zero-order valence-electron chi connectivity index (χ0n) is 14.8. The van der Waals surface area contributed by atoms with Gasteiger partial charge in [0, 0.05) is 16.9 Å². The fourth-order valence-corrected chi connectivity index (χ4v) is 5.26. The van der Waals surface area contributed by atoms with Gasteiger partial charge in [0.1, 0.15) is 5.75 Å². The molecule has 2 aromatic carbocycles. The first-order valence-electron chi connectivity index (χ1n) is 9.19. The van der Waals surface area contributed by atoms with Gasteiger partial charge in [-0.05, 0) is 30.2 Å². The van der Waals surface area contributed by atoms with Crippen LogP contribution in [0.1, 0.15) is 29.9 Å². The van der Waals surface area contributed by atoms with E-state index in [1.807, 2.05) is 49.4 Å². The van der Waals surface area contributed by atoms with Crippen molar-refractivity contribution in [1.29, 1.82) is 0 Å². The van der Waals surface area contributed by atoms with E-state index >= 15 is 0 Å². The number of rotatable bonds is 3. The molecule has 2 bridgehead atoms. The second-order valence-electron chi connectivity index (χ2n) is 7.15. The van der Waals surface area contributed by atoms with E-state index in [4.69, 9.17) is 16.3 Å². The summed E-state index contributed by atoms with van der Waals surface area (Å²) in [6, 6.07) is 15.2. The summed E-state index contributed by atoms with van der Waals surface area (Å²) in [5.41, 5.74) is 2.69. The maximum absolute atomic E-state index is 13.4. The number of anilines is 1. The van der Waals surface area contributed by atoms with Crippen molar-refractivity contribution < 1.29 is 14.3 Å². The molecule has 136 valence electrons. The Morgan fingerprint density at radius 1 is 0.963 bits per heavy atom. The zero-order valence-corrected chi connectivity index (χ0v) is 15.5. The van der Waals surface area contributed by atoms with Crippen molar-refractivity contribution in [1.82, 2.24) is 0 Å². The molecule has 1 heterocycles. The van der Waals surface area contributed by atoms with Crippen LogP contribution in [0.3, 0.4) is 0 Å². The van der Waals surface area contributed by atoms with Crippen LogP contribution in [0.2, 0.25) is 0 Å². The van der Waals surface area contributed by atoms with Crippen molar-refractivity contribution in [3.05, 3.63) is 70.8 Å². The normalized spacial score (nSPS) is 28.1. The van der Waals surface area contributed by atoms with E-state index in [2.05, 4.69) is 0 Å². The Morgan fingerprint density at radius 3 is 2.41 bits per heavy atom. The minimum Gasteiger partial charge on any atom is -0.492 e. The van der Waals surface area contributed by atoms with Crippen molar-refractivity contribution in [3.63, 3.8) is 0 Å². The quantitative estimate of drug-likeness (QED) is 0.750. The van der Waals surface area contributed by atoms with Gasteiger partial charge in [-0.15, -0.1) is 0 Å². The predicted octanol–water partition coefficient (Wildman–Crippen LogP) is 4.21. The Morgan fingerprint density at radius 2 is 1.63 bits per heavy atom. The minimum atomic E-state index is -0.454. The van der Waals surface area contributed by atoms with Crippen molar-refractivity contribution >= 4 is 29.1 Å². The number of benzene rings is 2. The maximum Gasteiger partial charge on any atom is 0.238 e. The van der Waals surface area contributed by atoms with Gasteiger partial charge in [0.2, 0.25) is 11.8 Å². The minimum absolute atomic E-state index is 0.163. The zero-order chi connectivity index (χ0) is 18.7. The topological polar surface area (TPSA) is 46.6 Å². The van der Waals surface area contributed by atoms with Crippen molar-refractivity contribution in [2.45, 2.75) is 18.8 Å². The highest BCUT2D eigenvalue weighted by Gasteiger charge is 2.60. The number of imide groups is 1. The Bertz CT molecular complexity index is 999. The van der Waals surface area contributed by atoms with Gasteiger partial charge in [-0.3, -0.25) is 9.59 Å². The molecule has 0 aromatic heterocycles. The van der Waals surface area contributed by atoms with E-state index < -0.39 is 11.8 Å². The number of para-hydroxylation sites is 2. The lowest BCUT2D eigenvalue weighted by Gasteiger charge is -2.42. The van der Waals surface area contributed by atoms with Crippen LogP contribution >= 0.6 is 11.6 Å². The van der Waals surface area contributed by atoms with Crippen molar-refractivity contribution in [3.8, 4) is 5.75 Å². The molecule has 4 atom stereocenters. The summed E-state index contributed by atoms with van der Waals surface area (Å²) in [6.07, 6.45) is 1.96. The highest BCUT2D eigenvalue weighted by atomic mass is 35.5. The van der Waals surface area contributed by atoms with Crippen LogP contribution in [0.5, 0.6) is 5.75 Å². The lowest BCUT2D eigenvalue weighted by atomic mass is 9.60. The van der Waals surface area contributed by atoms with E-state index in [1.54, 1.807) is 12.1 Å². The molecule has 0 spiro atoms. The van der Waals surface area contributed by atoms with Crippen LogP contribution in [0.4, 0.5) is 5.69 Å². The summed E-state index contributed by atoms with van der Waals surface area (Å²) in [4.78, 5) is 28.1. The molecule has 5 heteroatoms. The second kappa shape index (κ2) is 5.96. The number of allylic oxidation sites excluding steroid dienone is 2. The molecule has 0 N–H and O–H groups in total. The van der Waals surface area contributed by atoms with Crippen LogP contribution in [-0.2, 0) is 9.59 Å². The first-order chi connectivity index (χ1) is 13.1. The van der Waals surface area contributed by atoms with Crippen LogP contribution in [0.15, 0.2) is 59.6 Å². The van der Waals surface area contributed by atoms with Gasteiger partial charge in [0.05, 0.1) is 24.1 Å². The van der Waals surface area contributed by atoms with Gasteiger partial charge in [0.15, 0.2) is 0 Å². The highest BCUT2D eigenvalue weighted by Crippen LogP contribution is 2.59. The summed E-state index contributed by atoms with van der Waals surface area (Å²) in [6.45, 7) is 2.34. The molecule has 1 aliphatic heterocycles. The third-order valence-corrected chi connectivity index (χ3v) is 6.24. The van der Waals surface area contributed by atoms with E-state index in [1.165, 1.54) is 4.90 Å². The monoisotopic (exact) mass is 379 g/mol. The molecule has 4 aliphatic rings. The Labute approximate surface area is 162 Å². The maximum atomic E-state index is 13.4. The molecular formula is C22H18ClNO3. The predicted molar refractivity (Wildman–Crippen MR) is 103 cm³/mol. The summed E-state index contributed by atoms with van der Waals surface area (Å²) in [5.74, 6) is -1.08. The third kappa shape index (κ3) is 2.16. The lowest BCUT2D eigenvalue weighted by Crippen LogP contribution is -2.38. The van der Waals surface area contributed by atoms with Crippen LogP contribution < -0.4 is 9.64 Å². The second-order valence-corrected chi connectivity index (χ2v) is 7.58. The third-order valence-electron chi connectivity index (χ3n) is 5.88. The number of carbonyl (C=O) groups is 2. The number of ether oxygens (including phenoxy) is 1. The molecule has 3 aliphatic carbocycles. The van der Waals surface area contributed by atoms with Gasteiger partial charge in [0.25, 0.3) is 0 Å². The molecular weight excluding hydrogens is 362 g/mol. The van der Waals surface area contributed by atoms with Crippen molar-refractivity contribution in [2.24, 2.45) is 11.8 Å². The van der Waals surface area contributed by atoms with Gasteiger partial charge in [-0.25, -0.2) is 4.90 Å². The summed E-state index contributed by atoms with van der Waals surface area (Å²) in [7, 11) is 0. The van der Waals surface area contributed by atoms with Gasteiger partial charge >= 0.3 is 0 Å². The number of carbonyl (C=O) groups excluding carboxylic acids is 2. The SMILES string of the molecule is CCOc1ccccc1N1C(=O)[C@@H]2[C@H](C1=O)[C@H]1C=C(Cl)[C@H]2c2ccccc21. The van der Waals surface area contributed by atoms with Crippen molar-refractivity contribution in [2.75, 3.05) is 11.5 Å². The number of hydrogen-bond donors (Lipinski definition) is 0. The molecule has 0 radical (unpaired) electrons. The molecule has 0 saturated carbocycles. The standard InChI is InChI=1S/C22H18ClNO3/c1-2-27-17-10-6-5-9-16(17)24-21(25)19-14-11-15(23)18(20(19)22(24)26)13-8-4-3-7-12(13)14/h3-11,14,18-20H,2H2,1H3/t14-,18+,19+,20-/m0/s1. The fraction of sp³-hybridized carbons (Fsp3) is 0.273. The molecule has 1 fully saturated rings. The molecule has 27 heavy (non-hydrogen) atoms. The largest absolute Gasteiger partial charge is 0.492 e. The average Bonchev–Trinajstić information content (AvgIpc) is 2.94. The van der Waals surface area contributed by atoms with Gasteiger partial charge in [-0.2, -0.15) is 0 Å². The molecule has 2 aromatic rings. The van der Waals surface area contributed by atoms with Gasteiger partial charge < -0.3 is 4.74 Å². The number of amides is 2. The van der Waals surface area contributed by atoms with E-state index in [0.29, 0.717) is 23.1 Å². The highest BCUT2D eigenvalue weighted by molar-refractivity contribution is 6.32. The Hall–Kier alpha value is -2.59. The molecule has 2 amide bonds. The molecule has 4 nitrogen and oxygen atoms in total. The first-order valence-corrected chi connectivity index (χ1v) is 9.57. The molecule has 1 saturated heterocycles. The Kier molecular flexibility index (Phi) is 3.66. The van der Waals surface area contributed by atoms with Crippen LogP contribution in [0.25, 0.3) is 0 Å². The summed E-state index contributed by atoms with van der Waals surface area (Å²) >= 11 is 6.55. The lowest BCUT2D eigenvalue weighted by molar-refractivity contribution is -0.122. The van der Waals surface area contributed by atoms with Gasteiger partial charge in [-0.1, -0.05) is 54.1 Å². The van der Waals surface area contributed by atoms with Crippen LogP contribution in [0, 0.1) is 11.8 Å². The fourth-order valence-electron chi connectivity index (χ4n) is 4.87. The molecule has 0 unspecified atom stereocenters. The first kappa shape index (κ1) is 16.6. The Balaban J connectivity index is 1.64. The van der Waals surface area contributed by atoms with E-state index in [0.717, 1.165) is 11.1 Å². The molecule has 6 rings (SSSR count). The average molecular weight is 380 g/mol. The van der Waals surface area contributed by atoms with E-state index in [9.17, 15) is 9.59 Å². The number of hydrogen-bond acceptors (Lipinski definition) is 3. The van der Waals surface area contributed by atoms with E-state index in [-0.39, 0.29) is 23.7 Å². The smallest absolute Gasteiger partial charge is 0.238 e. The summed E-state index contributed by atoms with van der Waals surface area (Å²) in [5, 5.41) is 0.668. The number of halogens is 1. The summed E-state index contributed by atoms with van der Waals surface area (Å²) < 4.78 is 5.67. The van der Waals surface area contributed by atoms with Crippen LogP contribution in [-0.4, -0.2) is 18.4 Å².